The lowest BCUT2D eigenvalue weighted by Gasteiger charge is -2.30. The van der Waals surface area contributed by atoms with Crippen LogP contribution in [0.4, 0.5) is 11.4 Å². The maximum atomic E-state index is 4.16. The minimum absolute atomic E-state index is 0.226. The summed E-state index contributed by atoms with van der Waals surface area (Å²) >= 11 is 0. The van der Waals surface area contributed by atoms with Gasteiger partial charge in [0.05, 0.1) is 5.41 Å². The molecule has 2 aliphatic heterocycles. The second-order valence-corrected chi connectivity index (χ2v) is 11.9. The van der Waals surface area contributed by atoms with Crippen molar-refractivity contribution in [2.75, 3.05) is 12.4 Å². The number of nitrogens with one attached hydrogen (secondary N) is 1. The molecule has 0 atom stereocenters. The van der Waals surface area contributed by atoms with Crippen molar-refractivity contribution in [1.29, 1.82) is 0 Å². The molecule has 0 fully saturated rings. The molecule has 2 aliphatic rings. The second kappa shape index (κ2) is 12.0. The van der Waals surface area contributed by atoms with Crippen molar-refractivity contribution in [2.24, 2.45) is 0 Å². The summed E-state index contributed by atoms with van der Waals surface area (Å²) in [4.78, 5) is 0. The molecule has 44 heavy (non-hydrogen) atoms. The highest BCUT2D eigenvalue weighted by Gasteiger charge is 2.49. The van der Waals surface area contributed by atoms with E-state index in [1.54, 1.807) is 0 Å². The van der Waals surface area contributed by atoms with Crippen LogP contribution in [0.15, 0.2) is 159 Å². The van der Waals surface area contributed by atoms with E-state index in [2.05, 4.69) is 146 Å². The van der Waals surface area contributed by atoms with E-state index in [1.807, 2.05) is 24.3 Å². The number of benzene rings is 4. The topological polar surface area (TPSA) is 15.0 Å². The van der Waals surface area contributed by atoms with E-state index in [1.165, 1.54) is 49.8 Å². The number of rotatable bonds is 11. The normalized spacial score (nSPS) is 17.3. The van der Waals surface area contributed by atoms with Crippen LogP contribution in [-0.4, -0.2) is 17.3 Å². The monoisotopic (exact) mass is 573 g/mol. The van der Waals surface area contributed by atoms with Gasteiger partial charge in [0.25, 0.3) is 0 Å². The molecule has 0 radical (unpaired) electrons. The fourth-order valence-corrected chi connectivity index (χ4v) is 7.74. The Bertz CT molecular complexity index is 1910. The van der Waals surface area contributed by atoms with E-state index < -0.39 is 0 Å². The fraction of sp³-hybridized carbons (Fsp3) is 0.167. The molecule has 0 aromatic heterocycles. The Balaban J connectivity index is 1.38. The van der Waals surface area contributed by atoms with Crippen LogP contribution in [0.25, 0.3) is 21.5 Å². The van der Waals surface area contributed by atoms with Crippen LogP contribution in [0.3, 0.4) is 0 Å². The van der Waals surface area contributed by atoms with Crippen molar-refractivity contribution in [3.05, 3.63) is 171 Å². The highest BCUT2D eigenvalue weighted by Crippen LogP contribution is 2.52. The van der Waals surface area contributed by atoms with E-state index in [4.69, 9.17) is 0 Å². The third-order valence-electron chi connectivity index (χ3n) is 9.50. The van der Waals surface area contributed by atoms with Crippen molar-refractivity contribution < 1.29 is 4.58 Å². The molecule has 1 N–H and O–H groups in total. The lowest BCUT2D eigenvalue weighted by atomic mass is 9.70. The lowest BCUT2D eigenvalue weighted by molar-refractivity contribution is -0.401. The molecule has 0 unspecified atom stereocenters. The van der Waals surface area contributed by atoms with Gasteiger partial charge in [0.1, 0.15) is 7.05 Å². The molecule has 0 saturated heterocycles. The first-order chi connectivity index (χ1) is 21.5. The third-order valence-corrected chi connectivity index (χ3v) is 9.50. The zero-order valence-corrected chi connectivity index (χ0v) is 25.7. The quantitative estimate of drug-likeness (QED) is 0.107. The summed E-state index contributed by atoms with van der Waals surface area (Å²) in [5.74, 6) is 0. The molecule has 0 bridgehead atoms. The Labute approximate surface area is 262 Å². The molecule has 4 aromatic rings. The van der Waals surface area contributed by atoms with Gasteiger partial charge in [-0.25, -0.2) is 0 Å². The molecule has 2 heterocycles. The van der Waals surface area contributed by atoms with Gasteiger partial charge in [0.2, 0.25) is 5.69 Å². The maximum Gasteiger partial charge on any atom is 0.210 e. The first kappa shape index (κ1) is 29.1. The Morgan fingerprint density at radius 3 is 1.84 bits per heavy atom. The summed E-state index contributed by atoms with van der Waals surface area (Å²) in [6.45, 7) is 16.6. The minimum Gasteiger partial charge on any atom is -0.358 e. The van der Waals surface area contributed by atoms with E-state index in [0.29, 0.717) is 0 Å². The molecule has 0 aliphatic carbocycles. The molecule has 6 rings (SSSR count). The van der Waals surface area contributed by atoms with Crippen LogP contribution in [0, 0.1) is 0 Å². The summed E-state index contributed by atoms with van der Waals surface area (Å²) in [6.07, 6.45) is 22.4. The van der Waals surface area contributed by atoms with Gasteiger partial charge in [-0.05, 0) is 71.0 Å². The average Bonchev–Trinajstić information content (AvgIpc) is 3.46. The van der Waals surface area contributed by atoms with Crippen LogP contribution in [0.5, 0.6) is 0 Å². The van der Waals surface area contributed by atoms with Crippen molar-refractivity contribution >= 4 is 38.6 Å². The second-order valence-electron chi connectivity index (χ2n) is 11.9. The van der Waals surface area contributed by atoms with Gasteiger partial charge >= 0.3 is 0 Å². The van der Waals surface area contributed by atoms with Gasteiger partial charge in [-0.15, -0.1) is 26.3 Å². The number of allylic oxidation sites excluding steroid dienone is 10. The number of hydrogen-bond acceptors (Lipinski definition) is 1. The minimum atomic E-state index is -0.236. The molecule has 2 heteroatoms. The van der Waals surface area contributed by atoms with Crippen LogP contribution in [0.1, 0.15) is 36.8 Å². The van der Waals surface area contributed by atoms with Crippen molar-refractivity contribution in [2.45, 2.75) is 36.5 Å². The molecule has 0 saturated carbocycles. The third kappa shape index (κ3) is 4.53. The van der Waals surface area contributed by atoms with Crippen LogP contribution >= 0.6 is 0 Å². The lowest BCUT2D eigenvalue weighted by Crippen LogP contribution is -2.33. The van der Waals surface area contributed by atoms with Gasteiger partial charge in [0.15, 0.2) is 5.71 Å². The predicted octanol–water partition coefficient (Wildman–Crippen LogP) is 10.6. The number of fused-ring (bicyclic) bond motifs is 6. The molecular weight excluding hydrogens is 532 g/mol. The predicted molar refractivity (Wildman–Crippen MR) is 191 cm³/mol. The van der Waals surface area contributed by atoms with Gasteiger partial charge in [0, 0.05) is 34.5 Å². The van der Waals surface area contributed by atoms with Crippen molar-refractivity contribution in [3.8, 4) is 0 Å². The van der Waals surface area contributed by atoms with Crippen molar-refractivity contribution in [3.63, 3.8) is 0 Å². The molecule has 0 amide bonds. The van der Waals surface area contributed by atoms with Crippen LogP contribution in [-0.2, 0) is 10.8 Å². The largest absolute Gasteiger partial charge is 0.358 e. The van der Waals surface area contributed by atoms with E-state index >= 15 is 0 Å². The maximum absolute atomic E-state index is 4.16. The zero-order chi connectivity index (χ0) is 30.7. The Morgan fingerprint density at radius 1 is 0.636 bits per heavy atom. The average molecular weight is 574 g/mol. The number of nitrogens with zero attached hydrogens (tertiary/aromatic N) is 1. The molecule has 4 aromatic carbocycles. The zero-order valence-electron chi connectivity index (χ0n) is 25.7. The highest BCUT2D eigenvalue weighted by molar-refractivity contribution is 6.08. The van der Waals surface area contributed by atoms with E-state index in [9.17, 15) is 0 Å². The van der Waals surface area contributed by atoms with Gasteiger partial charge in [-0.3, -0.25) is 0 Å². The first-order valence-corrected chi connectivity index (χ1v) is 15.5. The first-order valence-electron chi connectivity index (χ1n) is 15.5. The number of anilines is 1. The Morgan fingerprint density at radius 2 is 1.20 bits per heavy atom. The summed E-state index contributed by atoms with van der Waals surface area (Å²) in [6, 6.07) is 26.2. The Hall–Kier alpha value is -4.95. The fourth-order valence-electron chi connectivity index (χ4n) is 7.74. The van der Waals surface area contributed by atoms with Gasteiger partial charge in [-0.1, -0.05) is 97.1 Å². The smallest absolute Gasteiger partial charge is 0.210 e. The summed E-state index contributed by atoms with van der Waals surface area (Å²) in [5, 5.41) is 8.84. The van der Waals surface area contributed by atoms with E-state index in [-0.39, 0.29) is 10.8 Å². The van der Waals surface area contributed by atoms with Gasteiger partial charge in [-0.2, -0.15) is 4.58 Å². The highest BCUT2D eigenvalue weighted by atomic mass is 15.0. The van der Waals surface area contributed by atoms with Crippen LogP contribution in [0.2, 0.25) is 0 Å². The van der Waals surface area contributed by atoms with E-state index in [0.717, 1.165) is 31.4 Å². The van der Waals surface area contributed by atoms with Gasteiger partial charge < -0.3 is 5.32 Å². The summed E-state index contributed by atoms with van der Waals surface area (Å²) < 4.78 is 2.34. The summed E-state index contributed by atoms with van der Waals surface area (Å²) in [5.41, 5.74) is 7.07. The Kier molecular flexibility index (Phi) is 7.93. The van der Waals surface area contributed by atoms with Crippen LogP contribution < -0.4 is 5.32 Å². The standard InChI is InChI=1S/C42H40N2/c1-6-27-41(28-7-2)37(43-35-25-23-31-17-13-15-19-33(31)39(35)41)21-11-10-12-22-38-42(29-8-3,30-9-4)40-34-20-16-14-18-32(34)24-26-36(40)44(38)5/h6-26H,1-4,27-30H2,5H3/p+1. The molecule has 2 nitrogen and oxygen atoms in total. The number of hydrogen-bond donors (Lipinski definition) is 1. The molecule has 0 spiro atoms. The van der Waals surface area contributed by atoms with Crippen molar-refractivity contribution in [1.82, 2.24) is 0 Å². The molecular formula is C42H41N2+. The molecule has 218 valence electrons. The SMILES string of the molecule is C=CCC1(CC=C)C(/C=C/C=C/C=C2/Nc3ccc4ccccc4c3C2(CC=C)CC=C)=[N+](C)c2ccc3ccccc3c21. The summed E-state index contributed by atoms with van der Waals surface area (Å²) in [7, 11) is 2.18.